The summed E-state index contributed by atoms with van der Waals surface area (Å²) in [5.41, 5.74) is 3.75. The quantitative estimate of drug-likeness (QED) is 0.714. The maximum atomic E-state index is 6.62. The van der Waals surface area contributed by atoms with E-state index in [1.807, 2.05) is 0 Å². The minimum absolute atomic E-state index is 0.0714. The third kappa shape index (κ3) is 3.04. The van der Waals surface area contributed by atoms with Gasteiger partial charge in [0.2, 0.25) is 0 Å². The van der Waals surface area contributed by atoms with Gasteiger partial charge in [-0.25, -0.2) is 0 Å². The Kier molecular flexibility index (Phi) is 4.51. The predicted molar refractivity (Wildman–Crippen MR) is 75.8 cm³/mol. The van der Waals surface area contributed by atoms with E-state index < -0.39 is 0 Å². The molecule has 1 aliphatic rings. The zero-order valence-corrected chi connectivity index (χ0v) is 12.6. The van der Waals surface area contributed by atoms with Crippen molar-refractivity contribution in [2.45, 2.75) is 32.1 Å². The summed E-state index contributed by atoms with van der Waals surface area (Å²) in [6, 6.07) is 4.36. The number of rotatable bonds is 2. The van der Waals surface area contributed by atoms with Gasteiger partial charge in [0.05, 0.1) is 12.0 Å². The lowest BCUT2D eigenvalue weighted by atomic mass is 9.90. The van der Waals surface area contributed by atoms with Crippen molar-refractivity contribution in [3.05, 3.63) is 33.3 Å². The maximum absolute atomic E-state index is 6.62. The third-order valence-electron chi connectivity index (χ3n) is 3.45. The first-order valence-corrected chi connectivity index (χ1v) is 7.31. The molecule has 2 rings (SSSR count). The molecule has 2 atom stereocenters. The Morgan fingerprint density at radius 3 is 2.76 bits per heavy atom. The third-order valence-corrected chi connectivity index (χ3v) is 4.90. The second-order valence-electron chi connectivity index (χ2n) is 4.84. The highest BCUT2D eigenvalue weighted by atomic mass is 79.9. The van der Waals surface area contributed by atoms with Crippen LogP contribution in [0.15, 0.2) is 16.6 Å². The van der Waals surface area contributed by atoms with Crippen molar-refractivity contribution < 1.29 is 4.74 Å². The number of benzene rings is 1. The normalized spacial score (nSPS) is 22.5. The van der Waals surface area contributed by atoms with Crippen LogP contribution in [0.25, 0.3) is 0 Å². The van der Waals surface area contributed by atoms with Crippen LogP contribution in [-0.2, 0) is 4.74 Å². The number of hydrogen-bond acceptors (Lipinski definition) is 1. The van der Waals surface area contributed by atoms with Crippen molar-refractivity contribution >= 4 is 27.5 Å². The van der Waals surface area contributed by atoms with E-state index in [9.17, 15) is 0 Å². The lowest BCUT2D eigenvalue weighted by molar-refractivity contribution is 0.0531. The summed E-state index contributed by atoms with van der Waals surface area (Å²) in [6.07, 6.45) is 2.30. The summed E-state index contributed by atoms with van der Waals surface area (Å²) in [7, 11) is 0. The predicted octanol–water partition coefficient (Wildman–Crippen LogP) is 4.77. The minimum atomic E-state index is 0.0714. The fourth-order valence-corrected chi connectivity index (χ4v) is 3.24. The van der Waals surface area contributed by atoms with E-state index in [1.54, 1.807) is 0 Å². The van der Waals surface area contributed by atoms with Gasteiger partial charge in [0, 0.05) is 17.0 Å². The lowest BCUT2D eigenvalue weighted by Gasteiger charge is -2.27. The van der Waals surface area contributed by atoms with Crippen LogP contribution in [0, 0.1) is 19.8 Å². The van der Waals surface area contributed by atoms with Crippen LogP contribution in [0.5, 0.6) is 0 Å². The first kappa shape index (κ1) is 13.4. The van der Waals surface area contributed by atoms with E-state index in [4.69, 9.17) is 16.3 Å². The van der Waals surface area contributed by atoms with Gasteiger partial charge < -0.3 is 4.74 Å². The summed E-state index contributed by atoms with van der Waals surface area (Å²) < 4.78 is 6.68. The van der Waals surface area contributed by atoms with E-state index in [2.05, 4.69) is 41.9 Å². The van der Waals surface area contributed by atoms with Crippen molar-refractivity contribution in [3.8, 4) is 0 Å². The highest BCUT2D eigenvalue weighted by Gasteiger charge is 2.25. The number of ether oxygens (including phenoxy) is 1. The summed E-state index contributed by atoms with van der Waals surface area (Å²) >= 11 is 10.2. The first-order chi connectivity index (χ1) is 8.09. The minimum Gasteiger partial charge on any atom is -0.381 e. The lowest BCUT2D eigenvalue weighted by Crippen LogP contribution is -2.21. The van der Waals surface area contributed by atoms with Crippen LogP contribution in [-0.4, -0.2) is 13.2 Å². The van der Waals surface area contributed by atoms with Crippen molar-refractivity contribution in [2.24, 2.45) is 5.92 Å². The Morgan fingerprint density at radius 2 is 2.12 bits per heavy atom. The van der Waals surface area contributed by atoms with E-state index in [0.29, 0.717) is 5.92 Å². The number of hydrogen-bond donors (Lipinski definition) is 0. The Hall–Kier alpha value is -0.0500. The average Bonchev–Trinajstić information content (AvgIpc) is 2.34. The zero-order valence-electron chi connectivity index (χ0n) is 10.3. The summed E-state index contributed by atoms with van der Waals surface area (Å²) in [5, 5.41) is 0.0714. The molecule has 1 heterocycles. The van der Waals surface area contributed by atoms with Crippen molar-refractivity contribution in [1.29, 1.82) is 0 Å². The van der Waals surface area contributed by atoms with Gasteiger partial charge in [-0.2, -0.15) is 0 Å². The maximum Gasteiger partial charge on any atom is 0.0638 e. The molecular formula is C14H18BrClO. The molecule has 0 spiro atoms. The summed E-state index contributed by atoms with van der Waals surface area (Å²) in [4.78, 5) is 0. The Balaban J connectivity index is 2.23. The molecule has 0 radical (unpaired) electrons. The van der Waals surface area contributed by atoms with Crippen molar-refractivity contribution in [2.75, 3.05) is 13.2 Å². The molecule has 2 unspecified atom stereocenters. The largest absolute Gasteiger partial charge is 0.381 e. The second kappa shape index (κ2) is 5.73. The van der Waals surface area contributed by atoms with Gasteiger partial charge in [-0.15, -0.1) is 11.6 Å². The van der Waals surface area contributed by atoms with Crippen LogP contribution in [0.4, 0.5) is 0 Å². The molecule has 0 aromatic heterocycles. The van der Waals surface area contributed by atoms with Gasteiger partial charge in [0.25, 0.3) is 0 Å². The van der Waals surface area contributed by atoms with Gasteiger partial charge in [-0.3, -0.25) is 0 Å². The molecule has 1 aromatic rings. The molecule has 0 saturated carbocycles. The van der Waals surface area contributed by atoms with Gasteiger partial charge in [0.15, 0.2) is 0 Å². The molecule has 3 heteroatoms. The van der Waals surface area contributed by atoms with Crippen LogP contribution >= 0.6 is 27.5 Å². The Morgan fingerprint density at radius 1 is 1.35 bits per heavy atom. The van der Waals surface area contributed by atoms with Gasteiger partial charge in [0.1, 0.15) is 0 Å². The summed E-state index contributed by atoms with van der Waals surface area (Å²) in [6.45, 7) is 5.91. The molecule has 1 aliphatic heterocycles. The highest BCUT2D eigenvalue weighted by molar-refractivity contribution is 9.10. The number of alkyl halides is 1. The van der Waals surface area contributed by atoms with Crippen LogP contribution < -0.4 is 0 Å². The molecule has 17 heavy (non-hydrogen) atoms. The topological polar surface area (TPSA) is 9.23 Å². The van der Waals surface area contributed by atoms with Crippen LogP contribution in [0.2, 0.25) is 0 Å². The van der Waals surface area contributed by atoms with Crippen LogP contribution in [0.3, 0.4) is 0 Å². The van der Waals surface area contributed by atoms with Gasteiger partial charge in [-0.05, 0) is 49.4 Å². The van der Waals surface area contributed by atoms with E-state index >= 15 is 0 Å². The molecule has 0 bridgehead atoms. The van der Waals surface area contributed by atoms with Crippen LogP contribution in [0.1, 0.15) is 34.9 Å². The van der Waals surface area contributed by atoms with E-state index in [0.717, 1.165) is 24.1 Å². The smallest absolute Gasteiger partial charge is 0.0638 e. The Bertz CT molecular complexity index is 399. The fraction of sp³-hybridized carbons (Fsp3) is 0.571. The van der Waals surface area contributed by atoms with Gasteiger partial charge in [-0.1, -0.05) is 22.0 Å². The molecule has 1 saturated heterocycles. The number of aryl methyl sites for hydroxylation is 2. The molecule has 1 nitrogen and oxygen atoms in total. The molecule has 0 aliphatic carbocycles. The van der Waals surface area contributed by atoms with E-state index in [-0.39, 0.29) is 5.38 Å². The highest BCUT2D eigenvalue weighted by Crippen LogP contribution is 2.37. The summed E-state index contributed by atoms with van der Waals surface area (Å²) in [5.74, 6) is 0.449. The van der Waals surface area contributed by atoms with Crippen molar-refractivity contribution in [1.82, 2.24) is 0 Å². The molecule has 0 N–H and O–H groups in total. The molecule has 0 amide bonds. The molecule has 94 valence electrons. The Labute approximate surface area is 117 Å². The monoisotopic (exact) mass is 316 g/mol. The standard InChI is InChI=1S/C14H18BrClO/c1-9-7-13(15)10(2)6-12(9)14(16)11-4-3-5-17-8-11/h6-7,11,14H,3-5,8H2,1-2H3. The molecular weight excluding hydrogens is 300 g/mol. The molecule has 1 aromatic carbocycles. The zero-order chi connectivity index (χ0) is 12.4. The average molecular weight is 318 g/mol. The second-order valence-corrected chi connectivity index (χ2v) is 6.16. The van der Waals surface area contributed by atoms with E-state index in [1.165, 1.54) is 23.1 Å². The number of halogens is 2. The van der Waals surface area contributed by atoms with Gasteiger partial charge >= 0.3 is 0 Å². The van der Waals surface area contributed by atoms with Crippen molar-refractivity contribution in [3.63, 3.8) is 0 Å². The fourth-order valence-electron chi connectivity index (χ4n) is 2.35. The SMILES string of the molecule is Cc1cc(C(Cl)C2CCCOC2)c(C)cc1Br. The molecule has 1 fully saturated rings. The first-order valence-electron chi connectivity index (χ1n) is 6.08.